The zero-order chi connectivity index (χ0) is 16.3. The number of aryl methyl sites for hydroxylation is 1. The van der Waals surface area contributed by atoms with E-state index < -0.39 is 16.1 Å². The molecule has 1 aromatic rings. The van der Waals surface area contributed by atoms with Gasteiger partial charge in [0.25, 0.3) is 0 Å². The van der Waals surface area contributed by atoms with Crippen molar-refractivity contribution < 1.29 is 17.9 Å². The molecule has 0 aliphatic carbocycles. The Morgan fingerprint density at radius 1 is 1.39 bits per heavy atom. The lowest BCUT2D eigenvalue weighted by atomic mass is 10.2. The summed E-state index contributed by atoms with van der Waals surface area (Å²) in [4.78, 5) is 12.3. The first-order valence-corrected chi connectivity index (χ1v) is 8.41. The molecule has 1 atom stereocenters. The maximum Gasteiger partial charge on any atom is 0.243 e. The Morgan fingerprint density at radius 2 is 2.09 bits per heavy atom. The van der Waals surface area contributed by atoms with Crippen molar-refractivity contribution >= 4 is 34.0 Å². The van der Waals surface area contributed by atoms with Crippen molar-refractivity contribution in [2.75, 3.05) is 39.2 Å². The molecule has 130 valence electrons. The van der Waals surface area contributed by atoms with Crippen LogP contribution in [0.15, 0.2) is 23.1 Å². The van der Waals surface area contributed by atoms with Crippen molar-refractivity contribution in [1.29, 1.82) is 0 Å². The van der Waals surface area contributed by atoms with Gasteiger partial charge in [-0.25, -0.2) is 12.7 Å². The normalized spacial score (nSPS) is 18.3. The Kier molecular flexibility index (Phi) is 6.97. The molecule has 1 aromatic carbocycles. The minimum absolute atomic E-state index is 0. The highest BCUT2D eigenvalue weighted by atomic mass is 35.5. The van der Waals surface area contributed by atoms with E-state index in [1.165, 1.54) is 20.2 Å². The van der Waals surface area contributed by atoms with E-state index in [0.717, 1.165) is 4.31 Å². The predicted molar refractivity (Wildman–Crippen MR) is 90.5 cm³/mol. The summed E-state index contributed by atoms with van der Waals surface area (Å²) >= 11 is 0. The van der Waals surface area contributed by atoms with E-state index in [0.29, 0.717) is 31.0 Å². The van der Waals surface area contributed by atoms with Gasteiger partial charge in [-0.3, -0.25) is 4.79 Å². The Morgan fingerprint density at radius 3 is 2.65 bits per heavy atom. The van der Waals surface area contributed by atoms with Crippen molar-refractivity contribution in [2.45, 2.75) is 17.9 Å². The number of anilines is 1. The highest BCUT2D eigenvalue weighted by Gasteiger charge is 2.23. The maximum atomic E-state index is 12.3. The smallest absolute Gasteiger partial charge is 0.243 e. The predicted octanol–water partition coefficient (Wildman–Crippen LogP) is 0.594. The Balaban J connectivity index is 0.00000264. The van der Waals surface area contributed by atoms with Gasteiger partial charge in [0.05, 0.1) is 18.1 Å². The van der Waals surface area contributed by atoms with Crippen LogP contribution in [0.4, 0.5) is 5.69 Å². The second-order valence-electron chi connectivity index (χ2n) is 5.34. The lowest BCUT2D eigenvalue weighted by Crippen LogP contribution is -2.48. The zero-order valence-corrected chi connectivity index (χ0v) is 15.0. The van der Waals surface area contributed by atoms with Gasteiger partial charge in [-0.05, 0) is 24.6 Å². The number of morpholine rings is 1. The molecule has 1 unspecified atom stereocenters. The Hall–Kier alpha value is -1.19. The number of sulfonamides is 1. The lowest BCUT2D eigenvalue weighted by molar-refractivity contribution is -0.120. The molecule has 1 amide bonds. The van der Waals surface area contributed by atoms with Gasteiger partial charge in [-0.2, -0.15) is 0 Å². The molecule has 9 heteroatoms. The number of carbonyl (C=O) groups is 1. The number of ether oxygens (including phenoxy) is 1. The summed E-state index contributed by atoms with van der Waals surface area (Å²) in [6.07, 6.45) is 0. The number of hydrogen-bond donors (Lipinski definition) is 2. The van der Waals surface area contributed by atoms with Crippen LogP contribution in [0.5, 0.6) is 0 Å². The fourth-order valence-corrected chi connectivity index (χ4v) is 3.26. The first-order chi connectivity index (χ1) is 10.3. The van der Waals surface area contributed by atoms with E-state index in [1.54, 1.807) is 19.1 Å². The van der Waals surface area contributed by atoms with Crippen LogP contribution in [0, 0.1) is 6.92 Å². The van der Waals surface area contributed by atoms with Gasteiger partial charge < -0.3 is 15.4 Å². The number of carbonyl (C=O) groups excluding carboxylic acids is 1. The van der Waals surface area contributed by atoms with Crippen LogP contribution in [-0.2, 0) is 19.6 Å². The largest absolute Gasteiger partial charge is 0.378 e. The molecule has 0 radical (unpaired) electrons. The molecule has 1 aliphatic heterocycles. The summed E-state index contributed by atoms with van der Waals surface area (Å²) in [6.45, 7) is 3.23. The molecule has 7 nitrogen and oxygen atoms in total. The van der Waals surface area contributed by atoms with E-state index >= 15 is 0 Å². The first kappa shape index (κ1) is 19.9. The van der Waals surface area contributed by atoms with E-state index in [1.807, 2.05) is 0 Å². The topological polar surface area (TPSA) is 87.7 Å². The van der Waals surface area contributed by atoms with Gasteiger partial charge in [0.15, 0.2) is 0 Å². The number of nitrogens with zero attached hydrogens (tertiary/aromatic N) is 1. The van der Waals surface area contributed by atoms with Crippen LogP contribution < -0.4 is 10.6 Å². The summed E-state index contributed by atoms with van der Waals surface area (Å²) in [7, 11) is -0.598. The van der Waals surface area contributed by atoms with Crippen LogP contribution in [-0.4, -0.2) is 58.5 Å². The fraction of sp³-hybridized carbons (Fsp3) is 0.500. The molecule has 1 saturated heterocycles. The molecule has 23 heavy (non-hydrogen) atoms. The number of rotatable bonds is 4. The SMILES string of the molecule is Cc1ccc(NC(=O)C2COCCN2)cc1S(=O)(=O)N(C)C.Cl. The minimum atomic E-state index is -3.55. The molecule has 0 spiro atoms. The summed E-state index contributed by atoms with van der Waals surface area (Å²) in [6, 6.07) is 4.42. The standard InChI is InChI=1S/C14H21N3O4S.ClH/c1-10-4-5-11(8-13(10)22(19,20)17(2)3)16-14(18)12-9-21-7-6-15-12;/h4-5,8,12,15H,6-7,9H2,1-3H3,(H,16,18);1H. The van der Waals surface area contributed by atoms with Crippen molar-refractivity contribution in [3.63, 3.8) is 0 Å². The van der Waals surface area contributed by atoms with Gasteiger partial charge in [0.1, 0.15) is 6.04 Å². The van der Waals surface area contributed by atoms with E-state index in [9.17, 15) is 13.2 Å². The Labute approximate surface area is 142 Å². The number of amides is 1. The number of halogens is 1. The second kappa shape index (κ2) is 8.07. The van der Waals surface area contributed by atoms with Crippen molar-refractivity contribution in [2.24, 2.45) is 0 Å². The third-order valence-corrected chi connectivity index (χ3v) is 5.41. The average molecular weight is 364 g/mol. The highest BCUT2D eigenvalue weighted by molar-refractivity contribution is 7.89. The summed E-state index contributed by atoms with van der Waals surface area (Å²) < 4.78 is 30.9. The highest BCUT2D eigenvalue weighted by Crippen LogP contribution is 2.22. The molecule has 1 aliphatic rings. The fourth-order valence-electron chi connectivity index (χ4n) is 2.12. The van der Waals surface area contributed by atoms with Crippen molar-refractivity contribution in [3.05, 3.63) is 23.8 Å². The monoisotopic (exact) mass is 363 g/mol. The summed E-state index contributed by atoms with van der Waals surface area (Å²) in [5.74, 6) is -0.239. The van der Waals surface area contributed by atoms with Gasteiger partial charge in [0, 0.05) is 26.3 Å². The Bertz CT molecular complexity index is 658. The second-order valence-corrected chi connectivity index (χ2v) is 7.46. The third-order valence-electron chi connectivity index (χ3n) is 3.45. The molecule has 0 bridgehead atoms. The minimum Gasteiger partial charge on any atom is -0.378 e. The molecular formula is C14H22ClN3O4S. The van der Waals surface area contributed by atoms with E-state index in [-0.39, 0.29) is 23.2 Å². The quantitative estimate of drug-likeness (QED) is 0.817. The molecular weight excluding hydrogens is 342 g/mol. The van der Waals surface area contributed by atoms with Gasteiger partial charge in [-0.1, -0.05) is 6.07 Å². The van der Waals surface area contributed by atoms with Gasteiger partial charge >= 0.3 is 0 Å². The summed E-state index contributed by atoms with van der Waals surface area (Å²) in [5.41, 5.74) is 1.08. The summed E-state index contributed by atoms with van der Waals surface area (Å²) in [5, 5.41) is 5.78. The van der Waals surface area contributed by atoms with Crippen LogP contribution in [0.3, 0.4) is 0 Å². The number of nitrogens with one attached hydrogen (secondary N) is 2. The van der Waals surface area contributed by atoms with E-state index in [2.05, 4.69) is 10.6 Å². The number of hydrogen-bond acceptors (Lipinski definition) is 5. The molecule has 2 N–H and O–H groups in total. The lowest BCUT2D eigenvalue weighted by Gasteiger charge is -2.23. The average Bonchev–Trinajstić information content (AvgIpc) is 2.49. The maximum absolute atomic E-state index is 12.3. The molecule has 1 fully saturated rings. The van der Waals surface area contributed by atoms with Crippen molar-refractivity contribution in [3.8, 4) is 0 Å². The van der Waals surface area contributed by atoms with Crippen LogP contribution in [0.2, 0.25) is 0 Å². The van der Waals surface area contributed by atoms with Gasteiger partial charge in [0.2, 0.25) is 15.9 Å². The van der Waals surface area contributed by atoms with E-state index in [4.69, 9.17) is 4.74 Å². The molecule has 0 saturated carbocycles. The first-order valence-electron chi connectivity index (χ1n) is 6.97. The molecule has 2 rings (SSSR count). The van der Waals surface area contributed by atoms with Crippen LogP contribution >= 0.6 is 12.4 Å². The zero-order valence-electron chi connectivity index (χ0n) is 13.3. The number of benzene rings is 1. The molecule has 1 heterocycles. The van der Waals surface area contributed by atoms with Gasteiger partial charge in [-0.15, -0.1) is 12.4 Å². The van der Waals surface area contributed by atoms with Crippen LogP contribution in [0.1, 0.15) is 5.56 Å². The van der Waals surface area contributed by atoms with Crippen LogP contribution in [0.25, 0.3) is 0 Å². The van der Waals surface area contributed by atoms with Crippen molar-refractivity contribution in [1.82, 2.24) is 9.62 Å². The molecule has 0 aromatic heterocycles. The third kappa shape index (κ3) is 4.65.